The Kier molecular flexibility index (Phi) is 4.45. The van der Waals surface area contributed by atoms with E-state index in [9.17, 15) is 9.59 Å². The summed E-state index contributed by atoms with van der Waals surface area (Å²) in [5, 5.41) is 0. The van der Waals surface area contributed by atoms with E-state index in [1.165, 1.54) is 16.7 Å². The Hall–Kier alpha value is -2.62. The molecule has 150 valence electrons. The predicted molar refractivity (Wildman–Crippen MR) is 112 cm³/mol. The van der Waals surface area contributed by atoms with Crippen LogP contribution in [-0.4, -0.2) is 35.8 Å². The van der Waals surface area contributed by atoms with Crippen LogP contribution in [0.25, 0.3) is 0 Å². The number of likely N-dealkylation sites (tertiary alicyclic amines) is 1. The van der Waals surface area contributed by atoms with Gasteiger partial charge in [-0.3, -0.25) is 9.59 Å². The lowest BCUT2D eigenvalue weighted by atomic mass is 9.71. The molecule has 2 aliphatic carbocycles. The Balaban J connectivity index is 1.38. The van der Waals surface area contributed by atoms with Crippen molar-refractivity contribution in [3.63, 3.8) is 0 Å². The molecule has 1 saturated heterocycles. The van der Waals surface area contributed by atoms with Crippen LogP contribution in [0.4, 0.5) is 0 Å². The SMILES string of the molecule is CC1=CC=C(CN2CC(C3C=CC(=O)C4Oc5ccc(C)cc5C43)CC2=O)CC1. The molecule has 29 heavy (non-hydrogen) atoms. The number of hydrogen-bond acceptors (Lipinski definition) is 3. The van der Waals surface area contributed by atoms with Crippen molar-refractivity contribution in [2.24, 2.45) is 11.8 Å². The summed E-state index contributed by atoms with van der Waals surface area (Å²) in [6.07, 6.45) is 10.3. The highest BCUT2D eigenvalue weighted by Gasteiger charge is 2.49. The summed E-state index contributed by atoms with van der Waals surface area (Å²) in [6.45, 7) is 5.71. The highest BCUT2D eigenvalue weighted by molar-refractivity contribution is 5.96. The second-order valence-corrected chi connectivity index (χ2v) is 9.02. The molecule has 4 aliphatic rings. The van der Waals surface area contributed by atoms with Gasteiger partial charge in [-0.1, -0.05) is 47.1 Å². The molecular formula is C25H27NO3. The van der Waals surface area contributed by atoms with Crippen molar-refractivity contribution in [3.05, 3.63) is 64.8 Å². The largest absolute Gasteiger partial charge is 0.481 e. The Morgan fingerprint density at radius 2 is 2.00 bits per heavy atom. The summed E-state index contributed by atoms with van der Waals surface area (Å²) in [5.74, 6) is 1.47. The molecule has 2 heterocycles. The van der Waals surface area contributed by atoms with Crippen molar-refractivity contribution in [1.29, 1.82) is 0 Å². The highest BCUT2D eigenvalue weighted by Crippen LogP contribution is 2.49. The second-order valence-electron chi connectivity index (χ2n) is 9.02. The summed E-state index contributed by atoms with van der Waals surface area (Å²) in [5.41, 5.74) is 5.03. The van der Waals surface area contributed by atoms with Crippen molar-refractivity contribution in [2.45, 2.75) is 45.1 Å². The van der Waals surface area contributed by atoms with Crippen LogP contribution in [0.1, 0.15) is 43.2 Å². The van der Waals surface area contributed by atoms with Gasteiger partial charge in [-0.05, 0) is 50.7 Å². The van der Waals surface area contributed by atoms with Gasteiger partial charge in [-0.2, -0.15) is 0 Å². The molecule has 0 aromatic heterocycles. The van der Waals surface area contributed by atoms with E-state index in [1.54, 1.807) is 6.08 Å². The molecule has 0 N–H and O–H groups in total. The number of fused-ring (bicyclic) bond motifs is 3. The van der Waals surface area contributed by atoms with Crippen LogP contribution in [0.2, 0.25) is 0 Å². The quantitative estimate of drug-likeness (QED) is 0.782. The summed E-state index contributed by atoms with van der Waals surface area (Å²) in [6, 6.07) is 6.15. The molecule has 2 aliphatic heterocycles. The third-order valence-electron chi connectivity index (χ3n) is 6.91. The van der Waals surface area contributed by atoms with Crippen molar-refractivity contribution in [2.75, 3.05) is 13.1 Å². The van der Waals surface area contributed by atoms with Gasteiger partial charge in [0.05, 0.1) is 0 Å². The van der Waals surface area contributed by atoms with Gasteiger partial charge >= 0.3 is 0 Å². The fourth-order valence-corrected chi connectivity index (χ4v) is 5.30. The maximum absolute atomic E-state index is 12.8. The molecule has 4 nitrogen and oxygen atoms in total. The first kappa shape index (κ1) is 18.4. The number of allylic oxidation sites excluding steroid dienone is 4. The molecule has 1 fully saturated rings. The van der Waals surface area contributed by atoms with Crippen LogP contribution in [-0.2, 0) is 9.59 Å². The van der Waals surface area contributed by atoms with Gasteiger partial charge in [0, 0.05) is 31.0 Å². The van der Waals surface area contributed by atoms with Crippen LogP contribution in [0, 0.1) is 18.8 Å². The van der Waals surface area contributed by atoms with Crippen molar-refractivity contribution < 1.29 is 14.3 Å². The normalized spacial score (nSPS) is 30.6. The van der Waals surface area contributed by atoms with Crippen molar-refractivity contribution in [3.8, 4) is 5.75 Å². The lowest BCUT2D eigenvalue weighted by Gasteiger charge is -2.32. The molecule has 0 radical (unpaired) electrons. The Labute approximate surface area is 171 Å². The Morgan fingerprint density at radius 3 is 2.79 bits per heavy atom. The van der Waals surface area contributed by atoms with Crippen molar-refractivity contribution in [1.82, 2.24) is 4.90 Å². The number of hydrogen-bond donors (Lipinski definition) is 0. The number of amides is 1. The minimum absolute atomic E-state index is 0.0135. The molecule has 5 rings (SSSR count). The molecule has 1 aromatic rings. The molecule has 4 heteroatoms. The standard InChI is InChI=1S/C25H27NO3/c1-15-3-6-17(7-4-15)13-26-14-18(12-23(26)28)19-8-9-21(27)25-24(19)20-11-16(2)5-10-22(20)29-25/h3,5-6,8-11,18-19,24-25H,4,7,12-14H2,1-2H3. The van der Waals surface area contributed by atoms with E-state index in [-0.39, 0.29) is 29.4 Å². The monoisotopic (exact) mass is 389 g/mol. The Morgan fingerprint density at radius 1 is 1.14 bits per heavy atom. The average Bonchev–Trinajstić information content (AvgIpc) is 3.25. The van der Waals surface area contributed by atoms with E-state index in [2.05, 4.69) is 32.1 Å². The van der Waals surface area contributed by atoms with E-state index in [1.807, 2.05) is 23.1 Å². The summed E-state index contributed by atoms with van der Waals surface area (Å²) in [7, 11) is 0. The summed E-state index contributed by atoms with van der Waals surface area (Å²) >= 11 is 0. The first-order valence-corrected chi connectivity index (χ1v) is 10.6. The zero-order valence-electron chi connectivity index (χ0n) is 17.1. The number of ether oxygens (including phenoxy) is 1. The molecule has 4 unspecified atom stereocenters. The smallest absolute Gasteiger partial charge is 0.223 e. The van der Waals surface area contributed by atoms with E-state index in [4.69, 9.17) is 4.74 Å². The van der Waals surface area contributed by atoms with Gasteiger partial charge in [0.1, 0.15) is 5.75 Å². The van der Waals surface area contributed by atoms with Gasteiger partial charge in [-0.15, -0.1) is 0 Å². The summed E-state index contributed by atoms with van der Waals surface area (Å²) in [4.78, 5) is 27.3. The van der Waals surface area contributed by atoms with Crippen LogP contribution in [0.5, 0.6) is 5.75 Å². The number of nitrogens with zero attached hydrogens (tertiary/aromatic N) is 1. The molecule has 1 amide bonds. The average molecular weight is 389 g/mol. The molecule has 0 bridgehead atoms. The number of aryl methyl sites for hydroxylation is 1. The fourth-order valence-electron chi connectivity index (χ4n) is 5.30. The van der Waals surface area contributed by atoms with Crippen LogP contribution >= 0.6 is 0 Å². The Bertz CT molecular complexity index is 970. The third kappa shape index (κ3) is 3.25. The number of rotatable bonds is 3. The first-order chi connectivity index (χ1) is 14.0. The van der Waals surface area contributed by atoms with E-state index in [0.29, 0.717) is 6.42 Å². The van der Waals surface area contributed by atoms with Gasteiger partial charge in [0.25, 0.3) is 0 Å². The zero-order valence-corrected chi connectivity index (χ0v) is 17.1. The fraction of sp³-hybridized carbons (Fsp3) is 0.440. The van der Waals surface area contributed by atoms with Crippen LogP contribution in [0.3, 0.4) is 0 Å². The number of ketones is 1. The van der Waals surface area contributed by atoms with Gasteiger partial charge in [-0.25, -0.2) is 0 Å². The number of carbonyl (C=O) groups excluding carboxylic acids is 2. The molecule has 4 atom stereocenters. The van der Waals surface area contributed by atoms with Gasteiger partial charge in [0.2, 0.25) is 5.91 Å². The molecule has 0 saturated carbocycles. The van der Waals surface area contributed by atoms with Gasteiger partial charge < -0.3 is 9.64 Å². The van der Waals surface area contributed by atoms with E-state index >= 15 is 0 Å². The molecular weight excluding hydrogens is 362 g/mol. The lowest BCUT2D eigenvalue weighted by Crippen LogP contribution is -2.38. The van der Waals surface area contributed by atoms with Crippen LogP contribution < -0.4 is 4.74 Å². The minimum atomic E-state index is -0.444. The van der Waals surface area contributed by atoms with Crippen molar-refractivity contribution >= 4 is 11.7 Å². The van der Waals surface area contributed by atoms with E-state index in [0.717, 1.165) is 37.2 Å². The molecule has 0 spiro atoms. The predicted octanol–water partition coefficient (Wildman–Crippen LogP) is 4.11. The summed E-state index contributed by atoms with van der Waals surface area (Å²) < 4.78 is 6.04. The molecule has 1 aromatic carbocycles. The topological polar surface area (TPSA) is 46.6 Å². The maximum atomic E-state index is 12.8. The van der Waals surface area contributed by atoms with E-state index < -0.39 is 6.10 Å². The van der Waals surface area contributed by atoms with Gasteiger partial charge in [0.15, 0.2) is 11.9 Å². The maximum Gasteiger partial charge on any atom is 0.223 e. The second kappa shape index (κ2) is 7.01. The first-order valence-electron chi connectivity index (χ1n) is 10.6. The highest BCUT2D eigenvalue weighted by atomic mass is 16.5. The minimum Gasteiger partial charge on any atom is -0.481 e. The zero-order chi connectivity index (χ0) is 20.1. The lowest BCUT2D eigenvalue weighted by molar-refractivity contribution is -0.127. The third-order valence-corrected chi connectivity index (χ3v) is 6.91. The number of carbonyl (C=O) groups is 2. The number of benzene rings is 1. The van der Waals surface area contributed by atoms with Crippen LogP contribution in [0.15, 0.2) is 53.6 Å².